The molecule has 0 saturated heterocycles. The number of carbonyl (C=O) groups is 2. The Hall–Kier alpha value is 0.462. The monoisotopic (exact) mass is 1230 g/mol. The molecule has 0 aliphatic heterocycles. The van der Waals surface area contributed by atoms with Gasteiger partial charge in [-0.3, -0.25) is 0 Å². The second-order valence-corrected chi connectivity index (χ2v) is 29.8. The average Bonchev–Trinajstić information content (AvgIpc) is 3.40. The van der Waals surface area contributed by atoms with Crippen LogP contribution in [0.15, 0.2) is 0 Å². The van der Waals surface area contributed by atoms with Gasteiger partial charge in [-0.2, -0.15) is 0 Å². The van der Waals surface area contributed by atoms with Gasteiger partial charge in [0.05, 0.1) is 0 Å². The van der Waals surface area contributed by atoms with E-state index < -0.39 is 11.9 Å². The number of carboxylic acid groups (broad SMARTS) is 2. The smallest absolute Gasteiger partial charge is 0.550 e. The van der Waals surface area contributed by atoms with Gasteiger partial charge in [-0.25, -0.2) is 0 Å². The van der Waals surface area contributed by atoms with E-state index in [9.17, 15) is 0 Å². The van der Waals surface area contributed by atoms with Crippen LogP contribution >= 0.6 is 15.8 Å². The van der Waals surface area contributed by atoms with Crippen LogP contribution in [0.5, 0.6) is 0 Å². The minimum absolute atomic E-state index is 0. The van der Waals surface area contributed by atoms with Crippen LogP contribution in [0.3, 0.4) is 0 Å². The van der Waals surface area contributed by atoms with Gasteiger partial charge in [0, 0.05) is 11.9 Å². The molecule has 0 radical (unpaired) electrons. The van der Waals surface area contributed by atoms with Gasteiger partial charge in [0.2, 0.25) is 0 Å². The second-order valence-electron chi connectivity index (χ2n) is 24.4. The van der Waals surface area contributed by atoms with E-state index in [0.29, 0.717) is 0 Å². The Labute approximate surface area is 509 Å². The molecule has 0 N–H and O–H groups in total. The summed E-state index contributed by atoms with van der Waals surface area (Å²) in [7, 11) is 0.545. The van der Waals surface area contributed by atoms with Crippen molar-refractivity contribution in [2.24, 2.45) is 0 Å². The Balaban J connectivity index is -0.00000283. The van der Waals surface area contributed by atoms with Crippen molar-refractivity contribution in [3.63, 3.8) is 0 Å². The molecular weight excluding hydrogens is 1090 g/mol. The number of hydrogen-bond acceptors (Lipinski definition) is 4. The van der Waals surface area contributed by atoms with E-state index in [1.54, 1.807) is 69.1 Å². The Morgan fingerprint density at radius 2 is 0.295 bits per heavy atom. The van der Waals surface area contributed by atoms with Crippen molar-refractivity contribution in [3.8, 4) is 0 Å². The largest absolute Gasteiger partial charge is 2.00 e. The van der Waals surface area contributed by atoms with Gasteiger partial charge in [0.25, 0.3) is 0 Å². The van der Waals surface area contributed by atoms with Crippen molar-refractivity contribution in [2.45, 2.75) is 408 Å². The quantitative estimate of drug-likeness (QED) is 0.0345. The van der Waals surface area contributed by atoms with Crippen molar-refractivity contribution in [2.75, 3.05) is 37.0 Å². The van der Waals surface area contributed by atoms with Crippen molar-refractivity contribution < 1.29 is 40.2 Å². The molecule has 0 spiro atoms. The summed E-state index contributed by atoms with van der Waals surface area (Å²) in [5, 5.41) is 17.8. The maximum absolute atomic E-state index is 8.89. The first kappa shape index (κ1) is 84.9. The van der Waals surface area contributed by atoms with Crippen molar-refractivity contribution in [1.29, 1.82) is 0 Å². The van der Waals surface area contributed by atoms with Crippen LogP contribution in [0.2, 0.25) is 0 Å². The SMILES string of the molecule is CC(=O)[O-].CC(=O)[O-].CCCCCCCCCCCCCCCCP(CCCCCCCCCCCCCCCC)CCCP(CCCCCCCCCCCCCCCC)CCCCCCCCCCCCCCCC.[Pd+2]. The third-order valence-corrected chi connectivity index (χ3v) is 22.0. The number of carboxylic acids is 2. The summed E-state index contributed by atoms with van der Waals surface area (Å²) in [5.74, 6) is -2.17. The standard InChI is InChI=1S/C67H138P2.2C2H4O2.Pd/c1-5-9-13-17-21-25-29-33-37-41-45-49-53-57-62-68(63-58-54-50-46-42-38-34-30-26-22-18-14-10-6-2)66-61-67-69(64-59-55-51-47-43-39-35-31-27-23-19-15-11-7-3)65-60-56-52-48-44-40-36-32-28-24-20-16-12-8-4;2*1-2(3)4;/h5-67H2,1-4H3;2*1H3,(H,3,4);/q;;;+2/p-2. The minimum Gasteiger partial charge on any atom is -0.550 e. The molecule has 0 aromatic rings. The van der Waals surface area contributed by atoms with Crippen LogP contribution in [0.25, 0.3) is 0 Å². The van der Waals surface area contributed by atoms with E-state index in [2.05, 4.69) is 27.7 Å². The van der Waals surface area contributed by atoms with Crippen molar-refractivity contribution >= 4 is 27.8 Å². The first-order valence-corrected chi connectivity index (χ1v) is 39.3. The predicted molar refractivity (Wildman–Crippen MR) is 350 cm³/mol. The molecular formula is C71H144O4P2Pd. The Bertz CT molecular complexity index is 911. The molecule has 472 valence electrons. The molecule has 78 heavy (non-hydrogen) atoms. The Kier molecular flexibility index (Phi) is 86.6. The van der Waals surface area contributed by atoms with Gasteiger partial charge in [-0.05, 0) is 82.9 Å². The van der Waals surface area contributed by atoms with E-state index >= 15 is 0 Å². The van der Waals surface area contributed by atoms with Gasteiger partial charge < -0.3 is 19.8 Å². The first-order chi connectivity index (χ1) is 37.7. The van der Waals surface area contributed by atoms with Gasteiger partial charge in [0.15, 0.2) is 0 Å². The summed E-state index contributed by atoms with van der Waals surface area (Å²) in [6.45, 7) is 11.3. The second kappa shape index (κ2) is 79.5. The predicted octanol–water partition coefficient (Wildman–Crippen LogP) is 23.8. The maximum Gasteiger partial charge on any atom is 2.00 e. The van der Waals surface area contributed by atoms with Crippen molar-refractivity contribution in [1.82, 2.24) is 0 Å². The van der Waals surface area contributed by atoms with Crippen LogP contribution in [-0.2, 0) is 30.0 Å². The number of hydrogen-bond donors (Lipinski definition) is 0. The van der Waals surface area contributed by atoms with E-state index in [-0.39, 0.29) is 36.3 Å². The molecule has 0 saturated carbocycles. The maximum atomic E-state index is 8.89. The summed E-state index contributed by atoms with van der Waals surface area (Å²) in [4.78, 5) is 17.8. The molecule has 0 rings (SSSR count). The molecule has 0 amide bonds. The number of rotatable bonds is 64. The minimum atomic E-state index is -1.08. The Morgan fingerprint density at radius 1 is 0.205 bits per heavy atom. The fourth-order valence-electron chi connectivity index (χ4n) is 11.3. The molecule has 4 nitrogen and oxygen atoms in total. The van der Waals surface area contributed by atoms with Gasteiger partial charge >= 0.3 is 20.4 Å². The fraction of sp³-hybridized carbons (Fsp3) is 0.972. The molecule has 0 aromatic carbocycles. The molecule has 0 fully saturated rings. The normalized spacial score (nSPS) is 11.2. The van der Waals surface area contributed by atoms with Crippen LogP contribution in [0.4, 0.5) is 0 Å². The third kappa shape index (κ3) is 87.7. The molecule has 0 aliphatic carbocycles. The average molecular weight is 1230 g/mol. The molecule has 0 heterocycles. The molecule has 0 bridgehead atoms. The van der Waals surface area contributed by atoms with Gasteiger partial charge in [-0.15, -0.1) is 15.8 Å². The molecule has 7 heteroatoms. The van der Waals surface area contributed by atoms with Crippen LogP contribution in [-0.4, -0.2) is 48.9 Å². The van der Waals surface area contributed by atoms with E-state index in [4.69, 9.17) is 19.8 Å². The summed E-state index contributed by atoms with van der Waals surface area (Å²) in [6.07, 6.45) is 94.8. The molecule has 0 atom stereocenters. The molecule has 0 aromatic heterocycles. The van der Waals surface area contributed by atoms with E-state index in [1.165, 1.54) is 334 Å². The third-order valence-electron chi connectivity index (χ3n) is 16.3. The number of unbranched alkanes of at least 4 members (excludes halogenated alkanes) is 52. The first-order valence-electron chi connectivity index (χ1n) is 35.5. The van der Waals surface area contributed by atoms with Crippen LogP contribution in [0.1, 0.15) is 408 Å². The molecule has 0 aliphatic rings. The zero-order valence-corrected chi connectivity index (χ0v) is 57.7. The topological polar surface area (TPSA) is 80.3 Å². The summed E-state index contributed by atoms with van der Waals surface area (Å²) < 4.78 is 0. The fourth-order valence-corrected chi connectivity index (χ4v) is 16.8. The number of aliphatic carboxylic acids is 2. The summed E-state index contributed by atoms with van der Waals surface area (Å²) in [5.41, 5.74) is 0. The Morgan fingerprint density at radius 3 is 0.410 bits per heavy atom. The van der Waals surface area contributed by atoms with E-state index in [1.807, 2.05) is 0 Å². The molecule has 0 unspecified atom stereocenters. The van der Waals surface area contributed by atoms with E-state index in [0.717, 1.165) is 13.8 Å². The van der Waals surface area contributed by atoms with Gasteiger partial charge in [0.1, 0.15) is 0 Å². The summed E-state index contributed by atoms with van der Waals surface area (Å²) in [6, 6.07) is 0. The zero-order valence-electron chi connectivity index (χ0n) is 54.4. The zero-order chi connectivity index (χ0) is 56.9. The summed E-state index contributed by atoms with van der Waals surface area (Å²) >= 11 is 0. The van der Waals surface area contributed by atoms with Crippen LogP contribution in [0, 0.1) is 0 Å². The van der Waals surface area contributed by atoms with Crippen LogP contribution < -0.4 is 10.2 Å². The van der Waals surface area contributed by atoms with Gasteiger partial charge in [-0.1, -0.05) is 362 Å². The van der Waals surface area contributed by atoms with Crippen molar-refractivity contribution in [3.05, 3.63) is 0 Å². The number of carbonyl (C=O) groups excluding carboxylic acids is 2.